The second kappa shape index (κ2) is 6.95. The first-order chi connectivity index (χ1) is 7.70. The molecule has 3 nitrogen and oxygen atoms in total. The third-order valence-corrected chi connectivity index (χ3v) is 2.20. The Morgan fingerprint density at radius 2 is 2.00 bits per heavy atom. The van der Waals surface area contributed by atoms with E-state index in [1.807, 2.05) is 6.07 Å². The SMILES string of the molecule is CC(=O)NCCNCCc1ccccc1F. The van der Waals surface area contributed by atoms with Gasteiger partial charge in [-0.15, -0.1) is 0 Å². The second-order valence-corrected chi connectivity index (χ2v) is 3.57. The highest BCUT2D eigenvalue weighted by atomic mass is 19.1. The van der Waals surface area contributed by atoms with E-state index in [1.54, 1.807) is 12.1 Å². The number of hydrogen-bond acceptors (Lipinski definition) is 2. The van der Waals surface area contributed by atoms with Crippen LogP contribution in [0.5, 0.6) is 0 Å². The van der Waals surface area contributed by atoms with Gasteiger partial charge in [-0.05, 0) is 24.6 Å². The first-order valence-electron chi connectivity index (χ1n) is 5.38. The molecule has 0 heterocycles. The van der Waals surface area contributed by atoms with Crippen molar-refractivity contribution in [3.05, 3.63) is 35.6 Å². The summed E-state index contributed by atoms with van der Waals surface area (Å²) in [6, 6.07) is 6.76. The highest BCUT2D eigenvalue weighted by Gasteiger charge is 1.99. The first kappa shape index (κ1) is 12.6. The van der Waals surface area contributed by atoms with Crippen LogP contribution in [0, 0.1) is 5.82 Å². The number of halogens is 1. The molecule has 0 radical (unpaired) electrons. The number of amides is 1. The van der Waals surface area contributed by atoms with Gasteiger partial charge in [-0.3, -0.25) is 4.79 Å². The Labute approximate surface area is 95.0 Å². The molecule has 1 rings (SSSR count). The molecule has 1 aromatic rings. The summed E-state index contributed by atoms with van der Waals surface area (Å²) < 4.78 is 13.2. The Balaban J connectivity index is 2.12. The molecule has 0 aliphatic carbocycles. The van der Waals surface area contributed by atoms with E-state index in [0.717, 1.165) is 5.56 Å². The fourth-order valence-corrected chi connectivity index (χ4v) is 1.38. The van der Waals surface area contributed by atoms with Gasteiger partial charge in [-0.25, -0.2) is 4.39 Å². The van der Waals surface area contributed by atoms with Crippen molar-refractivity contribution >= 4 is 5.91 Å². The molecule has 0 fully saturated rings. The van der Waals surface area contributed by atoms with Crippen molar-refractivity contribution in [3.8, 4) is 0 Å². The minimum atomic E-state index is -0.161. The second-order valence-electron chi connectivity index (χ2n) is 3.57. The summed E-state index contributed by atoms with van der Waals surface area (Å²) in [6.45, 7) is 3.50. The van der Waals surface area contributed by atoms with Crippen LogP contribution in [0.2, 0.25) is 0 Å². The van der Waals surface area contributed by atoms with E-state index >= 15 is 0 Å². The summed E-state index contributed by atoms with van der Waals surface area (Å²) in [4.78, 5) is 10.6. The molecule has 0 unspecified atom stereocenters. The van der Waals surface area contributed by atoms with Crippen LogP contribution in [0.3, 0.4) is 0 Å². The van der Waals surface area contributed by atoms with E-state index in [-0.39, 0.29) is 11.7 Å². The average Bonchev–Trinajstić information content (AvgIpc) is 2.25. The van der Waals surface area contributed by atoms with E-state index in [9.17, 15) is 9.18 Å². The normalized spacial score (nSPS) is 10.1. The van der Waals surface area contributed by atoms with Crippen molar-refractivity contribution < 1.29 is 9.18 Å². The van der Waals surface area contributed by atoms with Gasteiger partial charge in [0.1, 0.15) is 5.82 Å². The Morgan fingerprint density at radius 3 is 2.69 bits per heavy atom. The summed E-state index contributed by atoms with van der Waals surface area (Å²) in [5.74, 6) is -0.193. The zero-order chi connectivity index (χ0) is 11.8. The van der Waals surface area contributed by atoms with Crippen LogP contribution < -0.4 is 10.6 Å². The number of carbonyl (C=O) groups is 1. The Morgan fingerprint density at radius 1 is 1.25 bits per heavy atom. The van der Waals surface area contributed by atoms with E-state index in [2.05, 4.69) is 10.6 Å². The van der Waals surface area contributed by atoms with Gasteiger partial charge < -0.3 is 10.6 Å². The topological polar surface area (TPSA) is 41.1 Å². The molecule has 16 heavy (non-hydrogen) atoms. The van der Waals surface area contributed by atoms with Crippen molar-refractivity contribution in [3.63, 3.8) is 0 Å². The van der Waals surface area contributed by atoms with E-state index in [0.29, 0.717) is 26.1 Å². The Hall–Kier alpha value is -1.42. The highest BCUT2D eigenvalue weighted by Crippen LogP contribution is 2.05. The summed E-state index contributed by atoms with van der Waals surface area (Å²) in [7, 11) is 0. The maximum atomic E-state index is 13.2. The lowest BCUT2D eigenvalue weighted by Crippen LogP contribution is -2.31. The molecule has 0 bridgehead atoms. The lowest BCUT2D eigenvalue weighted by molar-refractivity contribution is -0.118. The standard InChI is InChI=1S/C12H17FN2O/c1-10(16)15-9-8-14-7-6-11-4-2-3-5-12(11)13/h2-5,14H,6-9H2,1H3,(H,15,16). The van der Waals surface area contributed by atoms with Gasteiger partial charge in [0, 0.05) is 20.0 Å². The van der Waals surface area contributed by atoms with Gasteiger partial charge in [0.15, 0.2) is 0 Å². The first-order valence-corrected chi connectivity index (χ1v) is 5.38. The van der Waals surface area contributed by atoms with E-state index in [4.69, 9.17) is 0 Å². The quantitative estimate of drug-likeness (QED) is 0.710. The number of benzene rings is 1. The maximum Gasteiger partial charge on any atom is 0.216 e. The monoisotopic (exact) mass is 224 g/mol. The predicted octanol–water partition coefficient (Wildman–Crippen LogP) is 1.09. The summed E-state index contributed by atoms with van der Waals surface area (Å²) in [5.41, 5.74) is 0.717. The van der Waals surface area contributed by atoms with Crippen LogP contribution in [0.25, 0.3) is 0 Å². The van der Waals surface area contributed by atoms with Gasteiger partial charge in [-0.1, -0.05) is 18.2 Å². The molecule has 4 heteroatoms. The van der Waals surface area contributed by atoms with Crippen LogP contribution >= 0.6 is 0 Å². The largest absolute Gasteiger partial charge is 0.355 e. The minimum absolute atomic E-state index is 0.0316. The van der Waals surface area contributed by atoms with E-state index in [1.165, 1.54) is 13.0 Å². The van der Waals surface area contributed by atoms with Crippen molar-refractivity contribution in [2.75, 3.05) is 19.6 Å². The summed E-state index contributed by atoms with van der Waals surface area (Å²) >= 11 is 0. The van der Waals surface area contributed by atoms with Crippen LogP contribution in [0.4, 0.5) is 4.39 Å². The fourth-order valence-electron chi connectivity index (χ4n) is 1.38. The minimum Gasteiger partial charge on any atom is -0.355 e. The molecule has 0 aliphatic heterocycles. The van der Waals surface area contributed by atoms with Crippen molar-refractivity contribution in [2.45, 2.75) is 13.3 Å². The fraction of sp³-hybridized carbons (Fsp3) is 0.417. The number of hydrogen-bond donors (Lipinski definition) is 2. The van der Waals surface area contributed by atoms with Gasteiger partial charge in [0.05, 0.1) is 0 Å². The van der Waals surface area contributed by atoms with Crippen LogP contribution in [-0.2, 0) is 11.2 Å². The van der Waals surface area contributed by atoms with Gasteiger partial charge in [0.25, 0.3) is 0 Å². The smallest absolute Gasteiger partial charge is 0.216 e. The van der Waals surface area contributed by atoms with Gasteiger partial charge in [-0.2, -0.15) is 0 Å². The van der Waals surface area contributed by atoms with E-state index < -0.39 is 0 Å². The third kappa shape index (κ3) is 4.89. The van der Waals surface area contributed by atoms with Crippen molar-refractivity contribution in [1.29, 1.82) is 0 Å². The molecule has 0 atom stereocenters. The van der Waals surface area contributed by atoms with Crippen molar-refractivity contribution in [2.24, 2.45) is 0 Å². The molecule has 0 aromatic heterocycles. The van der Waals surface area contributed by atoms with Crippen LogP contribution in [0.1, 0.15) is 12.5 Å². The Bertz CT molecular complexity index is 342. The molecule has 0 spiro atoms. The van der Waals surface area contributed by atoms with Gasteiger partial charge in [0.2, 0.25) is 5.91 Å². The molecule has 1 aromatic carbocycles. The van der Waals surface area contributed by atoms with Gasteiger partial charge >= 0.3 is 0 Å². The molecule has 0 saturated carbocycles. The molecular formula is C12H17FN2O. The molecule has 88 valence electrons. The summed E-state index contributed by atoms with van der Waals surface area (Å²) in [6.07, 6.45) is 0.659. The molecule has 2 N–H and O–H groups in total. The lowest BCUT2D eigenvalue weighted by atomic mass is 10.1. The number of carbonyl (C=O) groups excluding carboxylic acids is 1. The maximum absolute atomic E-state index is 13.2. The van der Waals surface area contributed by atoms with Crippen LogP contribution in [0.15, 0.2) is 24.3 Å². The van der Waals surface area contributed by atoms with Crippen molar-refractivity contribution in [1.82, 2.24) is 10.6 Å². The lowest BCUT2D eigenvalue weighted by Gasteiger charge is -2.06. The summed E-state index contributed by atoms with van der Waals surface area (Å²) in [5, 5.41) is 5.82. The number of nitrogens with one attached hydrogen (secondary N) is 2. The predicted molar refractivity (Wildman–Crippen MR) is 61.7 cm³/mol. The molecular weight excluding hydrogens is 207 g/mol. The van der Waals surface area contributed by atoms with Crippen LogP contribution in [-0.4, -0.2) is 25.5 Å². The molecule has 1 amide bonds. The zero-order valence-electron chi connectivity index (χ0n) is 9.42. The third-order valence-electron chi connectivity index (χ3n) is 2.20. The molecule has 0 saturated heterocycles. The number of rotatable bonds is 6. The zero-order valence-corrected chi connectivity index (χ0v) is 9.42. The average molecular weight is 224 g/mol. The Kier molecular flexibility index (Phi) is 5.50. The molecule has 0 aliphatic rings. The highest BCUT2D eigenvalue weighted by molar-refractivity contribution is 5.72.